The van der Waals surface area contributed by atoms with Gasteiger partial charge in [-0.2, -0.15) is 4.98 Å². The lowest BCUT2D eigenvalue weighted by atomic mass is 9.87. The lowest BCUT2D eigenvalue weighted by Crippen LogP contribution is -2.13. The van der Waals surface area contributed by atoms with Crippen LogP contribution in [0.1, 0.15) is 60.5 Å². The van der Waals surface area contributed by atoms with E-state index >= 15 is 0 Å². The van der Waals surface area contributed by atoms with E-state index in [4.69, 9.17) is 0 Å². The van der Waals surface area contributed by atoms with Gasteiger partial charge in [0.2, 0.25) is 5.95 Å². The minimum absolute atomic E-state index is 0.188. The number of para-hydroxylation sites is 1. The Hall–Kier alpha value is -2.63. The number of H-pyrrole nitrogens is 2. The zero-order valence-corrected chi connectivity index (χ0v) is 14.8. The fraction of sp³-hybridized carbons (Fsp3) is 0.421. The third-order valence-corrected chi connectivity index (χ3v) is 4.99. The number of rotatable bonds is 3. The fourth-order valence-electron chi connectivity index (χ4n) is 3.56. The molecule has 0 saturated carbocycles. The number of carbonyl (C=O) groups excluding carboxylic acids is 1. The predicted molar refractivity (Wildman–Crippen MR) is 97.9 cm³/mol. The van der Waals surface area contributed by atoms with Gasteiger partial charge in [-0.1, -0.05) is 32.9 Å². The van der Waals surface area contributed by atoms with Crippen molar-refractivity contribution in [2.24, 2.45) is 5.92 Å². The van der Waals surface area contributed by atoms with E-state index < -0.39 is 0 Å². The maximum Gasteiger partial charge on any atom is 0.260 e. The summed E-state index contributed by atoms with van der Waals surface area (Å²) in [5, 5.41) is 10.9. The zero-order valence-electron chi connectivity index (χ0n) is 14.8. The van der Waals surface area contributed by atoms with E-state index in [1.807, 2.05) is 26.0 Å². The number of nitrogens with one attached hydrogen (secondary N) is 3. The van der Waals surface area contributed by atoms with Crippen LogP contribution in [-0.2, 0) is 12.8 Å². The summed E-state index contributed by atoms with van der Waals surface area (Å²) in [6, 6.07) is 5.89. The molecule has 25 heavy (non-hydrogen) atoms. The topological polar surface area (TPSA) is 86.5 Å². The number of benzene rings is 1. The smallest absolute Gasteiger partial charge is 0.260 e. The number of carbonyl (C=O) groups is 1. The first kappa shape index (κ1) is 15.9. The molecule has 3 N–H and O–H groups in total. The van der Waals surface area contributed by atoms with Gasteiger partial charge < -0.3 is 4.98 Å². The molecule has 0 spiro atoms. The molecule has 0 unspecified atom stereocenters. The molecule has 1 amide bonds. The van der Waals surface area contributed by atoms with Crippen LogP contribution in [0.4, 0.5) is 5.95 Å². The molecular weight excluding hydrogens is 314 g/mol. The Kier molecular flexibility index (Phi) is 3.82. The Morgan fingerprint density at radius 3 is 2.96 bits per heavy atom. The number of hydrogen-bond donors (Lipinski definition) is 3. The molecule has 0 bridgehead atoms. The molecule has 6 heteroatoms. The zero-order chi connectivity index (χ0) is 17.6. The molecule has 1 atom stereocenters. The second-order valence-electron chi connectivity index (χ2n) is 7.31. The Bertz CT molecular complexity index is 937. The summed E-state index contributed by atoms with van der Waals surface area (Å²) >= 11 is 0. The van der Waals surface area contributed by atoms with Gasteiger partial charge in [-0.05, 0) is 36.8 Å². The summed E-state index contributed by atoms with van der Waals surface area (Å²) in [5.74, 6) is 1.81. The number of aromatic nitrogens is 4. The average molecular weight is 337 g/mol. The van der Waals surface area contributed by atoms with Gasteiger partial charge in [-0.25, -0.2) is 0 Å². The third-order valence-electron chi connectivity index (χ3n) is 4.99. The number of anilines is 1. The molecule has 1 aliphatic rings. The predicted octanol–water partition coefficient (Wildman–Crippen LogP) is 3.79. The van der Waals surface area contributed by atoms with Gasteiger partial charge in [0, 0.05) is 17.0 Å². The molecule has 130 valence electrons. The van der Waals surface area contributed by atoms with Crippen molar-refractivity contribution in [3.05, 3.63) is 40.8 Å². The normalized spacial score (nSPS) is 17.0. The molecule has 2 heterocycles. The number of fused-ring (bicyclic) bond motifs is 3. The summed E-state index contributed by atoms with van der Waals surface area (Å²) in [6.07, 6.45) is 3.31. The molecule has 3 aromatic rings. The summed E-state index contributed by atoms with van der Waals surface area (Å²) in [7, 11) is 0. The van der Waals surface area contributed by atoms with Crippen LogP contribution in [0.25, 0.3) is 10.9 Å². The van der Waals surface area contributed by atoms with Gasteiger partial charge in [-0.15, -0.1) is 5.10 Å². The van der Waals surface area contributed by atoms with Crippen LogP contribution < -0.4 is 5.32 Å². The lowest BCUT2D eigenvalue weighted by Gasteiger charge is -2.17. The monoisotopic (exact) mass is 337 g/mol. The van der Waals surface area contributed by atoms with E-state index in [1.54, 1.807) is 0 Å². The highest BCUT2D eigenvalue weighted by molar-refractivity contribution is 6.12. The highest BCUT2D eigenvalue weighted by Crippen LogP contribution is 2.33. The molecule has 6 nitrogen and oxygen atoms in total. The van der Waals surface area contributed by atoms with Gasteiger partial charge in [0.15, 0.2) is 0 Å². The van der Waals surface area contributed by atoms with Crippen molar-refractivity contribution in [1.29, 1.82) is 0 Å². The van der Waals surface area contributed by atoms with Gasteiger partial charge in [-0.3, -0.25) is 15.2 Å². The van der Waals surface area contributed by atoms with Crippen molar-refractivity contribution in [2.45, 2.75) is 46.0 Å². The Labute approximate surface area is 146 Å². The van der Waals surface area contributed by atoms with Crippen LogP contribution in [0.3, 0.4) is 0 Å². The summed E-state index contributed by atoms with van der Waals surface area (Å²) in [4.78, 5) is 20.6. The van der Waals surface area contributed by atoms with Crippen molar-refractivity contribution in [3.8, 4) is 0 Å². The van der Waals surface area contributed by atoms with Gasteiger partial charge >= 0.3 is 0 Å². The fourth-order valence-corrected chi connectivity index (χ4v) is 3.56. The van der Waals surface area contributed by atoms with Crippen molar-refractivity contribution in [2.75, 3.05) is 5.32 Å². The molecule has 0 fully saturated rings. The first-order chi connectivity index (χ1) is 12.0. The largest absolute Gasteiger partial charge is 0.358 e. The van der Waals surface area contributed by atoms with Gasteiger partial charge in [0.05, 0.1) is 11.1 Å². The third kappa shape index (κ3) is 2.81. The van der Waals surface area contributed by atoms with Crippen LogP contribution in [0.2, 0.25) is 0 Å². The van der Waals surface area contributed by atoms with Crippen LogP contribution in [0.15, 0.2) is 18.2 Å². The van der Waals surface area contributed by atoms with E-state index in [-0.39, 0.29) is 11.8 Å². The maximum absolute atomic E-state index is 12.8. The average Bonchev–Trinajstić information content (AvgIpc) is 3.19. The van der Waals surface area contributed by atoms with Crippen LogP contribution in [0, 0.1) is 5.92 Å². The number of aryl methyl sites for hydroxylation is 1. The molecule has 0 radical (unpaired) electrons. The first-order valence-corrected chi connectivity index (χ1v) is 8.89. The van der Waals surface area contributed by atoms with E-state index in [2.05, 4.69) is 38.5 Å². The Balaban J connectivity index is 1.67. The quantitative estimate of drug-likeness (QED) is 0.679. The molecule has 1 aromatic carbocycles. The minimum Gasteiger partial charge on any atom is -0.358 e. The molecule has 0 aliphatic heterocycles. The number of aromatic amines is 2. The molecule has 2 aromatic heterocycles. The molecule has 4 rings (SSSR count). The second-order valence-corrected chi connectivity index (χ2v) is 7.31. The van der Waals surface area contributed by atoms with Crippen molar-refractivity contribution < 1.29 is 4.79 Å². The highest BCUT2D eigenvalue weighted by atomic mass is 16.1. The first-order valence-electron chi connectivity index (χ1n) is 8.89. The van der Waals surface area contributed by atoms with E-state index in [9.17, 15) is 4.79 Å². The van der Waals surface area contributed by atoms with E-state index in [0.717, 1.165) is 29.6 Å². The van der Waals surface area contributed by atoms with Crippen LogP contribution >= 0.6 is 0 Å². The maximum atomic E-state index is 12.8. The number of nitrogens with zero attached hydrogens (tertiary/aromatic N) is 2. The lowest BCUT2D eigenvalue weighted by molar-refractivity contribution is 0.102. The number of amides is 1. The summed E-state index contributed by atoms with van der Waals surface area (Å²) in [5.41, 5.74) is 4.19. The van der Waals surface area contributed by atoms with Crippen molar-refractivity contribution in [1.82, 2.24) is 20.2 Å². The second kappa shape index (κ2) is 6.02. The molecule has 0 saturated heterocycles. The van der Waals surface area contributed by atoms with Crippen molar-refractivity contribution >= 4 is 22.8 Å². The highest BCUT2D eigenvalue weighted by Gasteiger charge is 2.22. The van der Waals surface area contributed by atoms with Gasteiger partial charge in [0.25, 0.3) is 5.91 Å². The summed E-state index contributed by atoms with van der Waals surface area (Å²) in [6.45, 7) is 6.34. The standard InChI is InChI=1S/C19H23N5O/c1-10(2)17-21-19(24-23-17)22-18(25)13-6-4-5-12-14-9-11(3)7-8-15(14)20-16(12)13/h4-6,10-11,20H,7-9H2,1-3H3,(H2,21,22,23,24,25)/t11-/m1/s1. The Morgan fingerprint density at radius 1 is 1.36 bits per heavy atom. The number of hydrogen-bond acceptors (Lipinski definition) is 3. The molecule has 1 aliphatic carbocycles. The van der Waals surface area contributed by atoms with Crippen LogP contribution in [0.5, 0.6) is 0 Å². The van der Waals surface area contributed by atoms with Crippen LogP contribution in [-0.4, -0.2) is 26.1 Å². The Morgan fingerprint density at radius 2 is 2.20 bits per heavy atom. The minimum atomic E-state index is -0.188. The summed E-state index contributed by atoms with van der Waals surface area (Å²) < 4.78 is 0. The van der Waals surface area contributed by atoms with Gasteiger partial charge in [0.1, 0.15) is 5.82 Å². The van der Waals surface area contributed by atoms with E-state index in [0.29, 0.717) is 17.4 Å². The van der Waals surface area contributed by atoms with E-state index in [1.165, 1.54) is 17.7 Å². The van der Waals surface area contributed by atoms with Crippen molar-refractivity contribution in [3.63, 3.8) is 0 Å². The molecular formula is C19H23N5O. The SMILES string of the molecule is CC(C)c1nc(NC(=O)c2cccc3c4c([nH]c23)CC[C@@H](C)C4)n[nH]1.